The molecule has 4 rings (SSSR count). The Hall–Kier alpha value is -1.84. The first-order chi connectivity index (χ1) is 13.8. The highest BCUT2D eigenvalue weighted by molar-refractivity contribution is 5.94. The van der Waals surface area contributed by atoms with Gasteiger partial charge in [0.25, 0.3) is 0 Å². The van der Waals surface area contributed by atoms with Crippen LogP contribution in [-0.2, 0) is 4.79 Å². The molecule has 0 unspecified atom stereocenters. The van der Waals surface area contributed by atoms with Crippen molar-refractivity contribution >= 4 is 17.1 Å². The summed E-state index contributed by atoms with van der Waals surface area (Å²) in [5, 5.41) is 7.90. The first kappa shape index (κ1) is 19.5. The van der Waals surface area contributed by atoms with Crippen molar-refractivity contribution in [2.45, 2.75) is 95.8 Å². The minimum absolute atomic E-state index is 0.161. The monoisotopic (exact) mass is 381 g/mol. The second kappa shape index (κ2) is 9.58. The highest BCUT2D eigenvalue weighted by Crippen LogP contribution is 2.37. The minimum Gasteiger partial charge on any atom is -0.324 e. The molecule has 1 amide bonds. The summed E-state index contributed by atoms with van der Waals surface area (Å²) in [6, 6.07) is 4.22. The van der Waals surface area contributed by atoms with Crippen LogP contribution >= 0.6 is 0 Å². The Kier molecular flexibility index (Phi) is 6.66. The summed E-state index contributed by atoms with van der Waals surface area (Å²) in [5.74, 6) is 0.897. The van der Waals surface area contributed by atoms with Crippen LogP contribution in [0, 0.1) is 5.92 Å². The minimum atomic E-state index is 0.161. The van der Waals surface area contributed by atoms with Gasteiger partial charge >= 0.3 is 0 Å². The molecule has 2 aromatic heterocycles. The smallest absolute Gasteiger partial charge is 0.227 e. The van der Waals surface area contributed by atoms with Crippen molar-refractivity contribution < 1.29 is 4.79 Å². The number of carbonyl (C=O) groups is 1. The van der Waals surface area contributed by atoms with Crippen LogP contribution in [0.15, 0.2) is 24.5 Å². The number of nitrogens with one attached hydrogen (secondary N) is 1. The lowest BCUT2D eigenvalue weighted by molar-refractivity contribution is -0.120. The summed E-state index contributed by atoms with van der Waals surface area (Å²) in [6.45, 7) is 0. The molecular formula is C24H35N3O. The van der Waals surface area contributed by atoms with Crippen LogP contribution in [0.1, 0.15) is 101 Å². The van der Waals surface area contributed by atoms with Crippen LogP contribution < -0.4 is 5.32 Å². The fourth-order valence-electron chi connectivity index (χ4n) is 5.24. The summed E-state index contributed by atoms with van der Waals surface area (Å²) in [6.07, 6.45) is 21.3. The molecule has 4 nitrogen and oxygen atoms in total. The Morgan fingerprint density at radius 3 is 2.18 bits per heavy atom. The van der Waals surface area contributed by atoms with Crippen LogP contribution in [0.5, 0.6) is 0 Å². The van der Waals surface area contributed by atoms with E-state index in [1.165, 1.54) is 88.1 Å². The number of aromatic nitrogens is 2. The van der Waals surface area contributed by atoms with Crippen molar-refractivity contribution in [1.29, 1.82) is 0 Å². The molecule has 2 aromatic rings. The fourth-order valence-corrected chi connectivity index (χ4v) is 5.24. The van der Waals surface area contributed by atoms with E-state index in [0.29, 0.717) is 5.92 Å². The number of anilines is 1. The standard InChI is InChI=1S/C24H35N3O/c28-24(20-14-9-5-2-6-10-15-20)26-21-18-25-27-17-11-16-22(27)23(21)19-12-7-3-1-4-8-13-19/h11,16-20H,1-10,12-15H2,(H,26,28). The first-order valence-corrected chi connectivity index (χ1v) is 11.6. The zero-order valence-corrected chi connectivity index (χ0v) is 17.2. The van der Waals surface area contributed by atoms with Crippen LogP contribution in [0.3, 0.4) is 0 Å². The van der Waals surface area contributed by atoms with Crippen LogP contribution in [-0.4, -0.2) is 15.5 Å². The zero-order valence-electron chi connectivity index (χ0n) is 17.2. The second-order valence-corrected chi connectivity index (χ2v) is 8.88. The maximum absolute atomic E-state index is 13.1. The Bertz CT molecular complexity index is 765. The van der Waals surface area contributed by atoms with Gasteiger partial charge in [0, 0.05) is 17.7 Å². The number of hydrogen-bond donors (Lipinski definition) is 1. The third-order valence-electron chi connectivity index (χ3n) is 6.85. The van der Waals surface area contributed by atoms with E-state index in [-0.39, 0.29) is 11.8 Å². The topological polar surface area (TPSA) is 46.4 Å². The Balaban J connectivity index is 1.59. The molecule has 0 radical (unpaired) electrons. The van der Waals surface area contributed by atoms with Gasteiger partial charge in [-0.25, -0.2) is 4.52 Å². The molecule has 2 fully saturated rings. The summed E-state index contributed by atoms with van der Waals surface area (Å²) in [7, 11) is 0. The van der Waals surface area contributed by atoms with Crippen LogP contribution in [0.25, 0.3) is 5.52 Å². The van der Waals surface area contributed by atoms with Gasteiger partial charge in [0.05, 0.1) is 17.4 Å². The van der Waals surface area contributed by atoms with Crippen molar-refractivity contribution in [2.75, 3.05) is 5.32 Å². The molecule has 4 heteroatoms. The summed E-state index contributed by atoms with van der Waals surface area (Å²) < 4.78 is 1.97. The average Bonchev–Trinajstić information content (AvgIpc) is 3.10. The second-order valence-electron chi connectivity index (χ2n) is 8.88. The van der Waals surface area contributed by atoms with Gasteiger partial charge in [0.2, 0.25) is 5.91 Å². The highest BCUT2D eigenvalue weighted by Gasteiger charge is 2.24. The lowest BCUT2D eigenvalue weighted by Crippen LogP contribution is -2.25. The van der Waals surface area contributed by atoms with E-state index in [2.05, 4.69) is 22.5 Å². The number of amides is 1. The van der Waals surface area contributed by atoms with E-state index in [9.17, 15) is 4.79 Å². The predicted molar refractivity (Wildman–Crippen MR) is 115 cm³/mol. The van der Waals surface area contributed by atoms with Crippen molar-refractivity contribution in [2.24, 2.45) is 5.92 Å². The lowest BCUT2D eigenvalue weighted by Gasteiger charge is -2.25. The molecule has 0 aromatic carbocycles. The molecule has 0 aliphatic heterocycles. The fraction of sp³-hybridized carbons (Fsp3) is 0.667. The molecule has 2 saturated carbocycles. The third kappa shape index (κ3) is 4.59. The van der Waals surface area contributed by atoms with Gasteiger partial charge in [-0.05, 0) is 43.7 Å². The first-order valence-electron chi connectivity index (χ1n) is 11.6. The molecule has 0 saturated heterocycles. The average molecular weight is 382 g/mol. The van der Waals surface area contributed by atoms with E-state index in [0.717, 1.165) is 18.5 Å². The van der Waals surface area contributed by atoms with Crippen molar-refractivity contribution in [3.05, 3.63) is 30.1 Å². The maximum atomic E-state index is 13.1. The number of carbonyl (C=O) groups excluding carboxylic acids is 1. The Morgan fingerprint density at radius 2 is 1.50 bits per heavy atom. The van der Waals surface area contributed by atoms with Gasteiger partial charge in [-0.15, -0.1) is 0 Å². The molecular weight excluding hydrogens is 346 g/mol. The molecule has 2 heterocycles. The third-order valence-corrected chi connectivity index (χ3v) is 6.85. The van der Waals surface area contributed by atoms with Gasteiger partial charge in [-0.2, -0.15) is 5.10 Å². The summed E-state index contributed by atoms with van der Waals surface area (Å²) in [4.78, 5) is 13.1. The highest BCUT2D eigenvalue weighted by atomic mass is 16.1. The Labute approximate surface area is 169 Å². The summed E-state index contributed by atoms with van der Waals surface area (Å²) >= 11 is 0. The molecule has 1 N–H and O–H groups in total. The molecule has 0 bridgehead atoms. The van der Waals surface area contributed by atoms with Crippen molar-refractivity contribution in [3.63, 3.8) is 0 Å². The van der Waals surface area contributed by atoms with Gasteiger partial charge < -0.3 is 5.32 Å². The number of hydrogen-bond acceptors (Lipinski definition) is 2. The molecule has 2 aliphatic carbocycles. The zero-order chi connectivity index (χ0) is 19.2. The van der Waals surface area contributed by atoms with Crippen LogP contribution in [0.4, 0.5) is 5.69 Å². The largest absolute Gasteiger partial charge is 0.324 e. The molecule has 152 valence electrons. The van der Waals surface area contributed by atoms with E-state index >= 15 is 0 Å². The van der Waals surface area contributed by atoms with Crippen molar-refractivity contribution in [3.8, 4) is 0 Å². The Morgan fingerprint density at radius 1 is 0.893 bits per heavy atom. The number of nitrogens with zero attached hydrogens (tertiary/aromatic N) is 2. The van der Waals surface area contributed by atoms with Gasteiger partial charge in [-0.3, -0.25) is 4.79 Å². The normalized spacial score (nSPS) is 20.9. The molecule has 0 atom stereocenters. The van der Waals surface area contributed by atoms with Crippen molar-refractivity contribution in [1.82, 2.24) is 9.61 Å². The van der Waals surface area contributed by atoms with Crippen LogP contribution in [0.2, 0.25) is 0 Å². The SMILES string of the molecule is O=C(Nc1cnn2cccc2c1C1CCCCCCC1)C1CCCCCCC1. The quantitative estimate of drug-likeness (QED) is 0.663. The number of fused-ring (bicyclic) bond motifs is 1. The molecule has 0 spiro atoms. The molecule has 2 aliphatic rings. The van der Waals surface area contributed by atoms with Gasteiger partial charge in [0.1, 0.15) is 0 Å². The van der Waals surface area contributed by atoms with E-state index < -0.39 is 0 Å². The van der Waals surface area contributed by atoms with E-state index in [1.54, 1.807) is 0 Å². The van der Waals surface area contributed by atoms with E-state index in [4.69, 9.17) is 0 Å². The van der Waals surface area contributed by atoms with Gasteiger partial charge in [0.15, 0.2) is 0 Å². The molecule has 28 heavy (non-hydrogen) atoms. The predicted octanol–water partition coefficient (Wildman–Crippen LogP) is 6.46. The summed E-state index contributed by atoms with van der Waals surface area (Å²) in [5.41, 5.74) is 3.45. The van der Waals surface area contributed by atoms with E-state index in [1.807, 2.05) is 16.9 Å². The number of rotatable bonds is 3. The maximum Gasteiger partial charge on any atom is 0.227 e. The van der Waals surface area contributed by atoms with Gasteiger partial charge in [-0.1, -0.05) is 64.2 Å². The lowest BCUT2D eigenvalue weighted by atomic mass is 9.85.